The Bertz CT molecular complexity index is 1080. The van der Waals surface area contributed by atoms with Gasteiger partial charge in [0.2, 0.25) is 5.95 Å². The lowest BCUT2D eigenvalue weighted by molar-refractivity contribution is 0.982. The van der Waals surface area contributed by atoms with E-state index in [0.29, 0.717) is 23.5 Å². The van der Waals surface area contributed by atoms with Gasteiger partial charge in [-0.05, 0) is 24.1 Å². The minimum Gasteiger partial charge on any atom is -0.355 e. The first-order valence-electron chi connectivity index (χ1n) is 8.38. The van der Waals surface area contributed by atoms with Crippen LogP contribution in [0.4, 0.5) is 5.95 Å². The van der Waals surface area contributed by atoms with Crippen molar-refractivity contribution in [2.75, 3.05) is 11.9 Å². The van der Waals surface area contributed by atoms with Crippen LogP contribution in [0.25, 0.3) is 22.2 Å². The van der Waals surface area contributed by atoms with Gasteiger partial charge in [-0.2, -0.15) is 4.98 Å². The van der Waals surface area contributed by atoms with Crippen molar-refractivity contribution < 1.29 is 0 Å². The van der Waals surface area contributed by atoms with Crippen LogP contribution in [0.15, 0.2) is 71.9 Å². The van der Waals surface area contributed by atoms with Crippen LogP contribution in [0.1, 0.15) is 5.56 Å². The van der Waals surface area contributed by atoms with Gasteiger partial charge >= 0.3 is 0 Å². The van der Waals surface area contributed by atoms with E-state index in [2.05, 4.69) is 37.4 Å². The summed E-state index contributed by atoms with van der Waals surface area (Å²) in [7, 11) is 0. The van der Waals surface area contributed by atoms with Gasteiger partial charge < -0.3 is 5.32 Å². The van der Waals surface area contributed by atoms with Gasteiger partial charge in [0.25, 0.3) is 5.56 Å². The summed E-state index contributed by atoms with van der Waals surface area (Å²) >= 11 is 0. The number of aromatic amines is 1. The van der Waals surface area contributed by atoms with E-state index in [1.54, 1.807) is 24.7 Å². The largest absolute Gasteiger partial charge is 0.355 e. The molecule has 2 N–H and O–H groups in total. The average molecular weight is 343 g/mol. The molecule has 4 rings (SSSR count). The molecule has 6 heteroatoms. The molecule has 0 unspecified atom stereocenters. The van der Waals surface area contributed by atoms with Crippen LogP contribution >= 0.6 is 0 Å². The molecule has 128 valence electrons. The van der Waals surface area contributed by atoms with Gasteiger partial charge in [0, 0.05) is 36.3 Å². The molecule has 0 aliphatic carbocycles. The third-order valence-corrected chi connectivity index (χ3v) is 4.13. The van der Waals surface area contributed by atoms with Gasteiger partial charge in [0.1, 0.15) is 0 Å². The smallest absolute Gasteiger partial charge is 0.262 e. The van der Waals surface area contributed by atoms with E-state index in [-0.39, 0.29) is 5.56 Å². The average Bonchev–Trinajstić information content (AvgIpc) is 2.69. The summed E-state index contributed by atoms with van der Waals surface area (Å²) in [5.74, 6) is 0.425. The Morgan fingerprint density at radius 2 is 1.88 bits per heavy atom. The van der Waals surface area contributed by atoms with Gasteiger partial charge in [0.05, 0.1) is 5.39 Å². The topological polar surface area (TPSA) is 83.6 Å². The molecule has 0 atom stereocenters. The third kappa shape index (κ3) is 3.30. The molecule has 0 saturated heterocycles. The van der Waals surface area contributed by atoms with Gasteiger partial charge in [-0.25, -0.2) is 4.98 Å². The molecule has 0 fully saturated rings. The fraction of sp³-hybridized carbons (Fsp3) is 0.100. The lowest BCUT2D eigenvalue weighted by Crippen LogP contribution is -2.16. The molecule has 0 radical (unpaired) electrons. The Labute approximate surface area is 150 Å². The van der Waals surface area contributed by atoms with Crippen molar-refractivity contribution in [1.29, 1.82) is 0 Å². The standard InChI is InChI=1S/C20H17N5O/c26-19-17-16(15-7-4-10-21-13-15)9-12-22-18(17)24-20(25-19)23-11-8-14-5-2-1-3-6-14/h1-7,9-10,12-13H,8,11H2,(H2,22,23,24,25,26). The first-order valence-corrected chi connectivity index (χ1v) is 8.38. The fourth-order valence-corrected chi connectivity index (χ4v) is 2.88. The molecule has 3 heterocycles. The maximum absolute atomic E-state index is 12.6. The van der Waals surface area contributed by atoms with E-state index >= 15 is 0 Å². The van der Waals surface area contributed by atoms with E-state index in [9.17, 15) is 4.79 Å². The Morgan fingerprint density at radius 1 is 1.00 bits per heavy atom. The molecule has 0 aliphatic heterocycles. The summed E-state index contributed by atoms with van der Waals surface area (Å²) in [6.45, 7) is 0.667. The zero-order valence-electron chi connectivity index (χ0n) is 14.0. The maximum atomic E-state index is 12.6. The number of fused-ring (bicyclic) bond motifs is 1. The first kappa shape index (κ1) is 16.0. The highest BCUT2D eigenvalue weighted by Crippen LogP contribution is 2.23. The summed E-state index contributed by atoms with van der Waals surface area (Å²) in [5, 5.41) is 3.63. The van der Waals surface area contributed by atoms with Crippen LogP contribution < -0.4 is 10.9 Å². The van der Waals surface area contributed by atoms with Crippen molar-refractivity contribution in [3.05, 3.63) is 83.0 Å². The molecule has 0 aliphatic rings. The summed E-state index contributed by atoms with van der Waals surface area (Å²) in [6.07, 6.45) is 5.92. The van der Waals surface area contributed by atoms with Crippen molar-refractivity contribution >= 4 is 17.0 Å². The second-order valence-electron chi connectivity index (χ2n) is 5.88. The third-order valence-electron chi connectivity index (χ3n) is 4.13. The zero-order chi connectivity index (χ0) is 17.8. The van der Waals surface area contributed by atoms with Crippen LogP contribution in [0.5, 0.6) is 0 Å². The summed E-state index contributed by atoms with van der Waals surface area (Å²) in [4.78, 5) is 28.3. The van der Waals surface area contributed by atoms with E-state index in [1.807, 2.05) is 30.3 Å². The molecule has 0 spiro atoms. The summed E-state index contributed by atoms with van der Waals surface area (Å²) in [5.41, 5.74) is 3.05. The zero-order valence-corrected chi connectivity index (χ0v) is 14.0. The quantitative estimate of drug-likeness (QED) is 0.582. The number of anilines is 1. The van der Waals surface area contributed by atoms with E-state index in [4.69, 9.17) is 0 Å². The molecule has 3 aromatic heterocycles. The maximum Gasteiger partial charge on any atom is 0.262 e. The van der Waals surface area contributed by atoms with Gasteiger partial charge in [-0.3, -0.25) is 14.8 Å². The van der Waals surface area contributed by atoms with Crippen molar-refractivity contribution in [3.8, 4) is 11.1 Å². The highest BCUT2D eigenvalue weighted by Gasteiger charge is 2.11. The highest BCUT2D eigenvalue weighted by atomic mass is 16.1. The van der Waals surface area contributed by atoms with Gasteiger partial charge in [0.15, 0.2) is 5.65 Å². The van der Waals surface area contributed by atoms with Gasteiger partial charge in [-0.15, -0.1) is 0 Å². The van der Waals surface area contributed by atoms with Crippen molar-refractivity contribution in [2.45, 2.75) is 6.42 Å². The monoisotopic (exact) mass is 343 g/mol. The fourth-order valence-electron chi connectivity index (χ4n) is 2.88. The number of benzene rings is 1. The number of pyridine rings is 2. The lowest BCUT2D eigenvalue weighted by atomic mass is 10.1. The number of nitrogens with one attached hydrogen (secondary N) is 2. The number of hydrogen-bond acceptors (Lipinski definition) is 5. The normalized spacial score (nSPS) is 10.8. The molecular formula is C20H17N5O. The lowest BCUT2D eigenvalue weighted by Gasteiger charge is -2.08. The van der Waals surface area contributed by atoms with Crippen LogP contribution in [-0.2, 0) is 6.42 Å². The second kappa shape index (κ2) is 7.14. The van der Waals surface area contributed by atoms with Crippen molar-refractivity contribution in [3.63, 3.8) is 0 Å². The molecular weight excluding hydrogens is 326 g/mol. The summed E-state index contributed by atoms with van der Waals surface area (Å²) in [6, 6.07) is 15.7. The van der Waals surface area contributed by atoms with Crippen molar-refractivity contribution in [2.24, 2.45) is 0 Å². The molecule has 6 nitrogen and oxygen atoms in total. The molecule has 0 saturated carbocycles. The summed E-state index contributed by atoms with van der Waals surface area (Å²) < 4.78 is 0. The SMILES string of the molecule is O=c1[nH]c(NCCc2ccccc2)nc2nccc(-c3cccnc3)c12. The Kier molecular flexibility index (Phi) is 4.38. The number of aromatic nitrogens is 4. The van der Waals surface area contributed by atoms with Gasteiger partial charge in [-0.1, -0.05) is 36.4 Å². The Balaban J connectivity index is 1.62. The number of nitrogens with zero attached hydrogens (tertiary/aromatic N) is 3. The van der Waals surface area contributed by atoms with E-state index in [0.717, 1.165) is 17.5 Å². The number of hydrogen-bond donors (Lipinski definition) is 2. The molecule has 0 bridgehead atoms. The van der Waals surface area contributed by atoms with Crippen LogP contribution in [-0.4, -0.2) is 26.5 Å². The van der Waals surface area contributed by atoms with E-state index in [1.165, 1.54) is 5.56 Å². The van der Waals surface area contributed by atoms with Crippen molar-refractivity contribution in [1.82, 2.24) is 19.9 Å². The highest BCUT2D eigenvalue weighted by molar-refractivity contribution is 5.91. The minimum atomic E-state index is -0.218. The molecule has 26 heavy (non-hydrogen) atoms. The van der Waals surface area contributed by atoms with E-state index < -0.39 is 0 Å². The molecule has 4 aromatic rings. The molecule has 1 aromatic carbocycles. The predicted octanol–water partition coefficient (Wildman–Crippen LogP) is 3.03. The number of rotatable bonds is 5. The van der Waals surface area contributed by atoms with Crippen LogP contribution in [0.3, 0.4) is 0 Å². The number of H-pyrrole nitrogens is 1. The molecule has 0 amide bonds. The second-order valence-corrected chi connectivity index (χ2v) is 5.88. The minimum absolute atomic E-state index is 0.218. The Hall–Kier alpha value is -3.54. The predicted molar refractivity (Wildman–Crippen MR) is 102 cm³/mol. The van der Waals surface area contributed by atoms with Crippen LogP contribution in [0.2, 0.25) is 0 Å². The first-order chi connectivity index (χ1) is 12.8. The Morgan fingerprint density at radius 3 is 2.69 bits per heavy atom. The van der Waals surface area contributed by atoms with Crippen LogP contribution in [0, 0.1) is 0 Å².